The van der Waals surface area contributed by atoms with E-state index in [1.165, 1.54) is 0 Å². The lowest BCUT2D eigenvalue weighted by molar-refractivity contribution is -0.134. The van der Waals surface area contributed by atoms with Gasteiger partial charge in [0.15, 0.2) is 0 Å². The molecule has 0 heterocycles. The summed E-state index contributed by atoms with van der Waals surface area (Å²) >= 11 is 0. The number of nitrogens with two attached hydrogens (primary N) is 1. The van der Waals surface area contributed by atoms with Crippen molar-refractivity contribution in [2.45, 2.75) is 39.2 Å². The maximum atomic E-state index is 12.5. The fourth-order valence-electron chi connectivity index (χ4n) is 2.02. The molecule has 1 rings (SSSR count). The quantitative estimate of drug-likeness (QED) is 0.840. The van der Waals surface area contributed by atoms with Crippen molar-refractivity contribution in [2.24, 2.45) is 5.73 Å². The summed E-state index contributed by atoms with van der Waals surface area (Å²) in [5.74, 6) is 0.0935. The van der Waals surface area contributed by atoms with Crippen LogP contribution in [-0.4, -0.2) is 29.9 Å². The van der Waals surface area contributed by atoms with Gasteiger partial charge in [0.1, 0.15) is 0 Å². The molecule has 2 N–H and O–H groups in total. The van der Waals surface area contributed by atoms with Crippen LogP contribution in [0.1, 0.15) is 38.7 Å². The van der Waals surface area contributed by atoms with E-state index in [4.69, 9.17) is 5.73 Å². The van der Waals surface area contributed by atoms with Crippen LogP contribution in [0.5, 0.6) is 0 Å². The summed E-state index contributed by atoms with van der Waals surface area (Å²) in [6, 6.07) is 10.1. The first-order chi connectivity index (χ1) is 8.57. The van der Waals surface area contributed by atoms with Crippen molar-refractivity contribution in [2.75, 3.05) is 13.1 Å². The Morgan fingerprint density at radius 2 is 1.83 bits per heavy atom. The smallest absolute Gasteiger partial charge is 0.230 e. The van der Waals surface area contributed by atoms with Crippen molar-refractivity contribution in [3.8, 4) is 0 Å². The lowest BCUT2D eigenvalue weighted by Gasteiger charge is -2.29. The molecule has 1 atom stereocenters. The summed E-state index contributed by atoms with van der Waals surface area (Å²) in [5.41, 5.74) is 6.60. The predicted molar refractivity (Wildman–Crippen MR) is 75.4 cm³/mol. The summed E-state index contributed by atoms with van der Waals surface area (Å²) in [7, 11) is 0. The molecule has 0 aromatic heterocycles. The van der Waals surface area contributed by atoms with Gasteiger partial charge in [-0.1, -0.05) is 30.3 Å². The van der Waals surface area contributed by atoms with E-state index < -0.39 is 0 Å². The molecule has 1 unspecified atom stereocenters. The lowest BCUT2D eigenvalue weighted by atomic mass is 9.99. The molecular weight excluding hydrogens is 224 g/mol. The Morgan fingerprint density at radius 1 is 1.22 bits per heavy atom. The summed E-state index contributed by atoms with van der Waals surface area (Å²) in [5, 5.41) is 0. The highest BCUT2D eigenvalue weighted by atomic mass is 16.2. The third kappa shape index (κ3) is 3.84. The molecule has 1 aromatic carbocycles. The standard InChI is InChI=1S/C15H24N2O/c1-12(2)17(11-7-10-16)15(18)13(3)14-8-5-4-6-9-14/h4-6,8-9,12-13H,7,10-11,16H2,1-3H3. The van der Waals surface area contributed by atoms with Gasteiger partial charge in [0.25, 0.3) is 0 Å². The Kier molecular flexibility index (Phi) is 5.86. The van der Waals surface area contributed by atoms with Crippen molar-refractivity contribution >= 4 is 5.91 Å². The number of benzene rings is 1. The van der Waals surface area contributed by atoms with E-state index in [0.29, 0.717) is 6.54 Å². The highest BCUT2D eigenvalue weighted by Gasteiger charge is 2.23. The lowest BCUT2D eigenvalue weighted by Crippen LogP contribution is -2.40. The molecule has 18 heavy (non-hydrogen) atoms. The van der Waals surface area contributed by atoms with Crippen LogP contribution >= 0.6 is 0 Å². The molecule has 0 bridgehead atoms. The molecule has 0 saturated heterocycles. The van der Waals surface area contributed by atoms with E-state index in [-0.39, 0.29) is 17.9 Å². The first-order valence-electron chi connectivity index (χ1n) is 6.63. The Morgan fingerprint density at radius 3 is 2.33 bits per heavy atom. The predicted octanol–water partition coefficient (Wildman–Crippen LogP) is 2.38. The van der Waals surface area contributed by atoms with E-state index in [1.54, 1.807) is 0 Å². The number of rotatable bonds is 6. The van der Waals surface area contributed by atoms with E-state index in [0.717, 1.165) is 18.5 Å². The van der Waals surface area contributed by atoms with Crippen molar-refractivity contribution in [3.63, 3.8) is 0 Å². The average molecular weight is 248 g/mol. The molecule has 3 nitrogen and oxygen atoms in total. The van der Waals surface area contributed by atoms with Gasteiger partial charge in [-0.25, -0.2) is 0 Å². The zero-order chi connectivity index (χ0) is 13.5. The zero-order valence-corrected chi connectivity index (χ0v) is 11.6. The SMILES string of the molecule is CC(C(=O)N(CCCN)C(C)C)c1ccccc1. The molecule has 1 amide bonds. The molecule has 0 saturated carbocycles. The maximum Gasteiger partial charge on any atom is 0.230 e. The van der Waals surface area contributed by atoms with Crippen molar-refractivity contribution in [1.82, 2.24) is 4.90 Å². The first-order valence-corrected chi connectivity index (χ1v) is 6.63. The van der Waals surface area contributed by atoms with Gasteiger partial charge in [-0.3, -0.25) is 4.79 Å². The van der Waals surface area contributed by atoms with Crippen LogP contribution in [0.4, 0.5) is 0 Å². The van der Waals surface area contributed by atoms with Gasteiger partial charge < -0.3 is 10.6 Å². The van der Waals surface area contributed by atoms with Gasteiger partial charge in [0.05, 0.1) is 5.92 Å². The molecule has 3 heteroatoms. The molecule has 0 aliphatic carbocycles. The summed E-state index contributed by atoms with van der Waals surface area (Å²) in [6.07, 6.45) is 0.853. The fraction of sp³-hybridized carbons (Fsp3) is 0.533. The highest BCUT2D eigenvalue weighted by molar-refractivity contribution is 5.83. The monoisotopic (exact) mass is 248 g/mol. The molecule has 1 aromatic rings. The minimum absolute atomic E-state index is 0.0913. The normalized spacial score (nSPS) is 12.5. The number of hydrogen-bond donors (Lipinski definition) is 1. The highest BCUT2D eigenvalue weighted by Crippen LogP contribution is 2.19. The molecule has 0 aliphatic heterocycles. The Bertz CT molecular complexity index is 362. The van der Waals surface area contributed by atoms with Gasteiger partial charge in [0, 0.05) is 12.6 Å². The molecule has 100 valence electrons. The van der Waals surface area contributed by atoms with Crippen LogP contribution in [0.25, 0.3) is 0 Å². The maximum absolute atomic E-state index is 12.5. The van der Waals surface area contributed by atoms with Crippen LogP contribution in [0.15, 0.2) is 30.3 Å². The third-order valence-electron chi connectivity index (χ3n) is 3.18. The topological polar surface area (TPSA) is 46.3 Å². The minimum Gasteiger partial charge on any atom is -0.340 e. The van der Waals surface area contributed by atoms with Crippen LogP contribution in [0, 0.1) is 0 Å². The molecule has 0 spiro atoms. The molecular formula is C15H24N2O. The average Bonchev–Trinajstić information content (AvgIpc) is 2.38. The van der Waals surface area contributed by atoms with E-state index in [1.807, 2.05) is 56.0 Å². The first kappa shape index (κ1) is 14.7. The van der Waals surface area contributed by atoms with Crippen LogP contribution < -0.4 is 5.73 Å². The van der Waals surface area contributed by atoms with E-state index in [9.17, 15) is 4.79 Å². The van der Waals surface area contributed by atoms with Crippen molar-refractivity contribution in [3.05, 3.63) is 35.9 Å². The Hall–Kier alpha value is -1.35. The van der Waals surface area contributed by atoms with Crippen molar-refractivity contribution in [1.29, 1.82) is 0 Å². The molecule has 0 fully saturated rings. The Balaban J connectivity index is 2.76. The van der Waals surface area contributed by atoms with Gasteiger partial charge in [-0.05, 0) is 39.3 Å². The van der Waals surface area contributed by atoms with Gasteiger partial charge in [0.2, 0.25) is 5.91 Å². The van der Waals surface area contributed by atoms with Gasteiger partial charge in [-0.2, -0.15) is 0 Å². The summed E-state index contributed by atoms with van der Waals surface area (Å²) in [4.78, 5) is 14.4. The zero-order valence-electron chi connectivity index (χ0n) is 11.6. The number of nitrogens with zero attached hydrogens (tertiary/aromatic N) is 1. The van der Waals surface area contributed by atoms with E-state index >= 15 is 0 Å². The van der Waals surface area contributed by atoms with E-state index in [2.05, 4.69) is 0 Å². The Labute approximate surface area is 110 Å². The van der Waals surface area contributed by atoms with Crippen LogP contribution in [-0.2, 0) is 4.79 Å². The third-order valence-corrected chi connectivity index (χ3v) is 3.18. The van der Waals surface area contributed by atoms with Crippen molar-refractivity contribution < 1.29 is 4.79 Å². The number of hydrogen-bond acceptors (Lipinski definition) is 2. The number of carbonyl (C=O) groups excluding carboxylic acids is 1. The van der Waals surface area contributed by atoms with Crippen LogP contribution in [0.3, 0.4) is 0 Å². The second kappa shape index (κ2) is 7.17. The minimum atomic E-state index is -0.0913. The molecule has 0 aliphatic rings. The summed E-state index contributed by atoms with van der Waals surface area (Å²) < 4.78 is 0. The second-order valence-electron chi connectivity index (χ2n) is 4.90. The van der Waals surface area contributed by atoms with Crippen LogP contribution in [0.2, 0.25) is 0 Å². The van der Waals surface area contributed by atoms with Gasteiger partial charge >= 0.3 is 0 Å². The summed E-state index contributed by atoms with van der Waals surface area (Å²) in [6.45, 7) is 7.42. The van der Waals surface area contributed by atoms with Gasteiger partial charge in [-0.15, -0.1) is 0 Å². The fourth-order valence-corrected chi connectivity index (χ4v) is 2.02. The number of amides is 1. The second-order valence-corrected chi connectivity index (χ2v) is 4.90. The number of carbonyl (C=O) groups is 1. The molecule has 0 radical (unpaired) electrons. The largest absolute Gasteiger partial charge is 0.340 e.